The van der Waals surface area contributed by atoms with Crippen LogP contribution in [0, 0.1) is 17.0 Å². The minimum atomic E-state index is -0.521. The maximum Gasteiger partial charge on any atom is 0.273 e. The van der Waals surface area contributed by atoms with Crippen molar-refractivity contribution >= 4 is 43.3 Å². The van der Waals surface area contributed by atoms with Crippen molar-refractivity contribution in [2.24, 2.45) is 0 Å². The molecule has 15 heavy (non-hydrogen) atoms. The molecule has 0 saturated heterocycles. The van der Waals surface area contributed by atoms with Gasteiger partial charge in [0.2, 0.25) is 0 Å². The fourth-order valence-corrected chi connectivity index (χ4v) is 1.61. The van der Waals surface area contributed by atoms with Gasteiger partial charge in [-0.25, -0.2) is 0 Å². The maximum absolute atomic E-state index is 11.5. The predicted molar refractivity (Wildman–Crippen MR) is 63.8 cm³/mol. The van der Waals surface area contributed by atoms with Crippen molar-refractivity contribution in [3.8, 4) is 0 Å². The second-order valence-corrected chi connectivity index (χ2v) is 5.98. The summed E-state index contributed by atoms with van der Waals surface area (Å²) in [5, 5.41) is 10.6. The summed E-state index contributed by atoms with van der Waals surface area (Å²) in [6.07, 6.45) is 0. The summed E-state index contributed by atoms with van der Waals surface area (Å²) in [5.74, 6) is -0.238. The van der Waals surface area contributed by atoms with E-state index >= 15 is 0 Å². The number of carbonyl (C=O) groups excluding carboxylic acids is 1. The molecular formula is C9H7Br2NO3. The van der Waals surface area contributed by atoms with Crippen LogP contribution in [0.1, 0.15) is 15.9 Å². The van der Waals surface area contributed by atoms with Crippen molar-refractivity contribution in [2.75, 3.05) is 0 Å². The highest BCUT2D eigenvalue weighted by Gasteiger charge is 2.18. The highest BCUT2D eigenvalue weighted by molar-refractivity contribution is 9.25. The summed E-state index contributed by atoms with van der Waals surface area (Å²) in [6.45, 7) is 1.63. The molecule has 0 saturated carbocycles. The van der Waals surface area contributed by atoms with Gasteiger partial charge in [-0.2, -0.15) is 0 Å². The van der Waals surface area contributed by atoms with Crippen molar-refractivity contribution < 1.29 is 9.72 Å². The molecule has 4 nitrogen and oxygen atoms in total. The number of halogens is 2. The highest BCUT2D eigenvalue weighted by Crippen LogP contribution is 2.22. The molecule has 1 aromatic carbocycles. The first-order chi connectivity index (χ1) is 6.93. The smallest absolute Gasteiger partial charge is 0.273 e. The number of nitrogens with zero attached hydrogens (tertiary/aromatic N) is 1. The minimum Gasteiger partial charge on any atom is -0.292 e. The van der Waals surface area contributed by atoms with Crippen molar-refractivity contribution in [1.29, 1.82) is 0 Å². The second-order valence-electron chi connectivity index (χ2n) is 2.92. The predicted octanol–water partition coefficient (Wildman–Crippen LogP) is 3.20. The molecule has 0 aliphatic heterocycles. The standard InChI is InChI=1S/C9H7Br2NO3/c1-5-2-3-6(8(13)9(10)11)4-7(5)12(14)15/h2-4,9H,1H3. The number of nitro benzene ring substituents is 1. The Morgan fingerprint density at radius 3 is 2.53 bits per heavy atom. The Morgan fingerprint density at radius 2 is 2.07 bits per heavy atom. The van der Waals surface area contributed by atoms with E-state index in [1.54, 1.807) is 19.1 Å². The molecule has 0 N–H and O–H groups in total. The largest absolute Gasteiger partial charge is 0.292 e. The van der Waals surface area contributed by atoms with E-state index in [0.29, 0.717) is 11.1 Å². The van der Waals surface area contributed by atoms with Gasteiger partial charge in [-0.05, 0) is 6.92 Å². The molecule has 0 heterocycles. The van der Waals surface area contributed by atoms with Crippen LogP contribution >= 0.6 is 31.9 Å². The molecule has 6 heteroatoms. The molecule has 0 aromatic heterocycles. The van der Waals surface area contributed by atoms with Crippen molar-refractivity contribution in [3.63, 3.8) is 0 Å². The fraction of sp³-hybridized carbons (Fsp3) is 0.222. The molecule has 0 aliphatic rings. The van der Waals surface area contributed by atoms with Crippen LogP contribution in [0.2, 0.25) is 0 Å². The van der Waals surface area contributed by atoms with Crippen LogP contribution in [-0.4, -0.2) is 14.4 Å². The molecule has 0 atom stereocenters. The Bertz CT molecular complexity index is 418. The van der Waals surface area contributed by atoms with E-state index in [1.165, 1.54) is 6.07 Å². The average Bonchev–Trinajstić information content (AvgIpc) is 2.16. The third kappa shape index (κ3) is 2.85. The number of hydrogen-bond acceptors (Lipinski definition) is 3. The van der Waals surface area contributed by atoms with Crippen molar-refractivity contribution in [3.05, 3.63) is 39.4 Å². The second kappa shape index (κ2) is 4.85. The van der Waals surface area contributed by atoms with Gasteiger partial charge in [0.15, 0.2) is 5.78 Å². The molecule has 0 spiro atoms. The molecule has 0 aliphatic carbocycles. The van der Waals surface area contributed by atoms with Crippen LogP contribution in [0.5, 0.6) is 0 Å². The van der Waals surface area contributed by atoms with Crippen molar-refractivity contribution in [1.82, 2.24) is 0 Å². The topological polar surface area (TPSA) is 60.2 Å². The van der Waals surface area contributed by atoms with E-state index in [0.717, 1.165) is 0 Å². The Kier molecular flexibility index (Phi) is 3.98. The number of hydrogen-bond donors (Lipinski definition) is 0. The Labute approximate surface area is 103 Å². The third-order valence-electron chi connectivity index (χ3n) is 1.89. The first kappa shape index (κ1) is 12.3. The number of aryl methyl sites for hydroxylation is 1. The van der Waals surface area contributed by atoms with Crippen LogP contribution in [0.15, 0.2) is 18.2 Å². The van der Waals surface area contributed by atoms with Crippen LogP contribution < -0.4 is 0 Å². The zero-order valence-electron chi connectivity index (χ0n) is 7.74. The molecule has 0 amide bonds. The molecule has 1 aromatic rings. The molecule has 80 valence electrons. The fourth-order valence-electron chi connectivity index (χ4n) is 1.09. The zero-order valence-corrected chi connectivity index (χ0v) is 10.9. The lowest BCUT2D eigenvalue weighted by molar-refractivity contribution is -0.385. The summed E-state index contributed by atoms with van der Waals surface area (Å²) in [7, 11) is 0. The van der Waals surface area contributed by atoms with Gasteiger partial charge in [0.25, 0.3) is 5.69 Å². The van der Waals surface area contributed by atoms with E-state index in [9.17, 15) is 14.9 Å². The van der Waals surface area contributed by atoms with Gasteiger partial charge in [-0.1, -0.05) is 44.0 Å². The lowest BCUT2D eigenvalue weighted by Crippen LogP contribution is -2.07. The first-order valence-corrected chi connectivity index (χ1v) is 5.84. The summed E-state index contributed by atoms with van der Waals surface area (Å²) in [4.78, 5) is 21.7. The monoisotopic (exact) mass is 335 g/mol. The molecule has 0 radical (unpaired) electrons. The molecule has 0 fully saturated rings. The number of alkyl halides is 2. The quantitative estimate of drug-likeness (QED) is 0.368. The summed E-state index contributed by atoms with van der Waals surface area (Å²) >= 11 is 6.11. The number of ketones is 1. The minimum absolute atomic E-state index is 0.0403. The van der Waals surface area contributed by atoms with Gasteiger partial charge in [0, 0.05) is 17.2 Å². The van der Waals surface area contributed by atoms with Gasteiger partial charge < -0.3 is 0 Å². The number of nitro groups is 1. The van der Waals surface area contributed by atoms with Crippen LogP contribution in [-0.2, 0) is 0 Å². The highest BCUT2D eigenvalue weighted by atomic mass is 79.9. The SMILES string of the molecule is Cc1ccc(C(=O)C(Br)Br)cc1[N+](=O)[O-]. The van der Waals surface area contributed by atoms with Crippen LogP contribution in [0.4, 0.5) is 5.69 Å². The van der Waals surface area contributed by atoms with Gasteiger partial charge in [0.05, 0.1) is 4.92 Å². The van der Waals surface area contributed by atoms with E-state index in [4.69, 9.17) is 0 Å². The third-order valence-corrected chi connectivity index (χ3v) is 2.72. The Hall–Kier alpha value is -0.750. The summed E-state index contributed by atoms with van der Waals surface area (Å²) in [5.41, 5.74) is 0.810. The molecule has 0 bridgehead atoms. The van der Waals surface area contributed by atoms with E-state index in [2.05, 4.69) is 31.9 Å². The lowest BCUT2D eigenvalue weighted by Gasteiger charge is -2.02. The first-order valence-electron chi connectivity index (χ1n) is 4.01. The lowest BCUT2D eigenvalue weighted by atomic mass is 10.1. The zero-order chi connectivity index (χ0) is 11.6. The van der Waals surface area contributed by atoms with E-state index < -0.39 is 8.66 Å². The van der Waals surface area contributed by atoms with Gasteiger partial charge in [-0.3, -0.25) is 14.9 Å². The molecule has 0 unspecified atom stereocenters. The van der Waals surface area contributed by atoms with Crippen molar-refractivity contribution in [2.45, 2.75) is 10.7 Å². The van der Waals surface area contributed by atoms with E-state index in [1.807, 2.05) is 0 Å². The van der Waals surface area contributed by atoms with Gasteiger partial charge in [0.1, 0.15) is 3.74 Å². The number of rotatable bonds is 3. The number of carbonyl (C=O) groups is 1. The average molecular weight is 337 g/mol. The summed E-state index contributed by atoms with van der Waals surface area (Å²) < 4.78 is -0.521. The van der Waals surface area contributed by atoms with E-state index in [-0.39, 0.29) is 11.5 Å². The molecule has 1 rings (SSSR count). The Morgan fingerprint density at radius 1 is 1.47 bits per heavy atom. The molecular weight excluding hydrogens is 330 g/mol. The van der Waals surface area contributed by atoms with Gasteiger partial charge >= 0.3 is 0 Å². The number of Topliss-reactive ketones (excluding diaryl/α,β-unsaturated/α-hetero) is 1. The van der Waals surface area contributed by atoms with Gasteiger partial charge in [-0.15, -0.1) is 0 Å². The number of benzene rings is 1. The van der Waals surface area contributed by atoms with Crippen LogP contribution in [0.25, 0.3) is 0 Å². The summed E-state index contributed by atoms with van der Waals surface area (Å²) in [6, 6.07) is 4.42. The maximum atomic E-state index is 11.5. The van der Waals surface area contributed by atoms with Crippen LogP contribution in [0.3, 0.4) is 0 Å². The Balaban J connectivity index is 3.19. The normalized spacial score (nSPS) is 10.4.